The van der Waals surface area contributed by atoms with E-state index in [2.05, 4.69) is 0 Å². The summed E-state index contributed by atoms with van der Waals surface area (Å²) < 4.78 is 15.7. The second-order valence-electron chi connectivity index (χ2n) is 5.51. The molecule has 0 fully saturated rings. The van der Waals surface area contributed by atoms with E-state index in [-0.39, 0.29) is 10.8 Å². The molecule has 0 amide bonds. The maximum absolute atomic E-state index is 12.4. The Hall–Kier alpha value is -2.24. The molecule has 0 bridgehead atoms. The molecule has 7 heteroatoms. The fraction of sp³-hybridized carbons (Fsp3) is 0.263. The molecule has 0 aliphatic carbocycles. The van der Waals surface area contributed by atoms with Gasteiger partial charge in [-0.2, -0.15) is 0 Å². The van der Waals surface area contributed by atoms with Crippen LogP contribution >= 0.6 is 23.2 Å². The first kappa shape index (κ1) is 20.1. The minimum atomic E-state index is -0.956. The molecule has 0 aliphatic rings. The van der Waals surface area contributed by atoms with Crippen molar-refractivity contribution < 1.29 is 23.8 Å². The molecule has 0 heterocycles. The quantitative estimate of drug-likeness (QED) is 0.506. The average molecular weight is 397 g/mol. The molecule has 2 rings (SSSR count). The van der Waals surface area contributed by atoms with E-state index in [9.17, 15) is 9.59 Å². The van der Waals surface area contributed by atoms with Crippen molar-refractivity contribution in [3.8, 4) is 11.5 Å². The van der Waals surface area contributed by atoms with Crippen LogP contribution in [0.15, 0.2) is 42.5 Å². The van der Waals surface area contributed by atoms with E-state index in [1.54, 1.807) is 36.4 Å². The Bertz CT molecular complexity index is 789. The summed E-state index contributed by atoms with van der Waals surface area (Å²) in [5.74, 6) is -0.0641. The summed E-state index contributed by atoms with van der Waals surface area (Å²) >= 11 is 11.8. The first-order valence-corrected chi connectivity index (χ1v) is 8.58. The maximum Gasteiger partial charge on any atom is 0.347 e. The van der Waals surface area contributed by atoms with Crippen LogP contribution in [0.3, 0.4) is 0 Å². The van der Waals surface area contributed by atoms with Crippen LogP contribution in [0, 0.1) is 0 Å². The van der Waals surface area contributed by atoms with E-state index < -0.39 is 18.2 Å². The number of esters is 1. The molecule has 0 spiro atoms. The number of halogens is 2. The SMILES string of the molecule is COc1ccc(C(=O)[C@H](C)OC(=O)[C@H](C)Oc2ccc(Cl)cc2Cl)cc1. The molecule has 2 aromatic carbocycles. The van der Waals surface area contributed by atoms with Crippen molar-refractivity contribution in [1.29, 1.82) is 0 Å². The van der Waals surface area contributed by atoms with Gasteiger partial charge in [-0.25, -0.2) is 4.79 Å². The number of rotatable bonds is 7. The van der Waals surface area contributed by atoms with Crippen LogP contribution in [0.5, 0.6) is 11.5 Å². The van der Waals surface area contributed by atoms with Gasteiger partial charge < -0.3 is 14.2 Å². The monoisotopic (exact) mass is 396 g/mol. The van der Waals surface area contributed by atoms with Crippen molar-refractivity contribution in [2.75, 3.05) is 7.11 Å². The van der Waals surface area contributed by atoms with Crippen LogP contribution in [-0.4, -0.2) is 31.1 Å². The summed E-state index contributed by atoms with van der Waals surface area (Å²) in [6.45, 7) is 3.02. The lowest BCUT2D eigenvalue weighted by molar-refractivity contribution is -0.153. The number of hydrogen-bond acceptors (Lipinski definition) is 5. The number of carbonyl (C=O) groups is 2. The third-order valence-electron chi connectivity index (χ3n) is 3.57. The number of ketones is 1. The molecular weight excluding hydrogens is 379 g/mol. The molecule has 0 saturated carbocycles. The molecule has 138 valence electrons. The Morgan fingerprint density at radius 3 is 2.19 bits per heavy atom. The zero-order valence-electron chi connectivity index (χ0n) is 14.5. The van der Waals surface area contributed by atoms with E-state index in [0.29, 0.717) is 22.1 Å². The van der Waals surface area contributed by atoms with E-state index in [0.717, 1.165) is 0 Å². The number of benzene rings is 2. The lowest BCUT2D eigenvalue weighted by Crippen LogP contribution is -2.32. The van der Waals surface area contributed by atoms with Crippen LogP contribution in [0.2, 0.25) is 10.0 Å². The standard InChI is InChI=1S/C19H18Cl2O5/c1-11(18(22)13-4-7-15(24-3)8-5-13)26-19(23)12(2)25-17-9-6-14(20)10-16(17)21/h4-12H,1-3H3/t11-,12-/m0/s1. The van der Waals surface area contributed by atoms with Crippen molar-refractivity contribution in [3.05, 3.63) is 58.1 Å². The van der Waals surface area contributed by atoms with Gasteiger partial charge >= 0.3 is 5.97 Å². The Labute approximate surface area is 161 Å². The van der Waals surface area contributed by atoms with Gasteiger partial charge in [-0.1, -0.05) is 23.2 Å². The highest BCUT2D eigenvalue weighted by Gasteiger charge is 2.24. The van der Waals surface area contributed by atoms with Gasteiger partial charge in [0.15, 0.2) is 12.2 Å². The van der Waals surface area contributed by atoms with Gasteiger partial charge in [-0.3, -0.25) is 4.79 Å². The van der Waals surface area contributed by atoms with Crippen molar-refractivity contribution in [2.45, 2.75) is 26.1 Å². The highest BCUT2D eigenvalue weighted by molar-refractivity contribution is 6.35. The summed E-state index contributed by atoms with van der Waals surface area (Å²) in [5.41, 5.74) is 0.417. The zero-order chi connectivity index (χ0) is 19.3. The third-order valence-corrected chi connectivity index (χ3v) is 4.10. The van der Waals surface area contributed by atoms with Crippen LogP contribution < -0.4 is 9.47 Å². The fourth-order valence-electron chi connectivity index (χ4n) is 2.12. The summed E-state index contributed by atoms with van der Waals surface area (Å²) in [6, 6.07) is 11.2. The molecule has 0 aromatic heterocycles. The zero-order valence-corrected chi connectivity index (χ0v) is 16.0. The largest absolute Gasteiger partial charge is 0.497 e. The first-order chi connectivity index (χ1) is 12.3. The molecule has 0 saturated heterocycles. The Balaban J connectivity index is 1.97. The van der Waals surface area contributed by atoms with Crippen LogP contribution in [-0.2, 0) is 9.53 Å². The Morgan fingerprint density at radius 2 is 1.62 bits per heavy atom. The predicted octanol–water partition coefficient (Wildman–Crippen LogP) is 4.58. The van der Waals surface area contributed by atoms with Gasteiger partial charge in [0.05, 0.1) is 12.1 Å². The minimum Gasteiger partial charge on any atom is -0.497 e. The number of Topliss-reactive ketones (excluding diaryl/α,β-unsaturated/α-hetero) is 1. The summed E-state index contributed by atoms with van der Waals surface area (Å²) in [4.78, 5) is 24.5. The topological polar surface area (TPSA) is 61.8 Å². The molecule has 26 heavy (non-hydrogen) atoms. The van der Waals surface area contributed by atoms with Gasteiger partial charge in [-0.05, 0) is 56.3 Å². The Kier molecular flexibility index (Phi) is 6.89. The van der Waals surface area contributed by atoms with E-state index in [1.807, 2.05) is 0 Å². The van der Waals surface area contributed by atoms with Gasteiger partial charge in [0.25, 0.3) is 0 Å². The van der Waals surface area contributed by atoms with E-state index in [1.165, 1.54) is 27.0 Å². The van der Waals surface area contributed by atoms with Crippen molar-refractivity contribution in [3.63, 3.8) is 0 Å². The third kappa shape index (κ3) is 5.13. The summed E-state index contributed by atoms with van der Waals surface area (Å²) in [5, 5.41) is 0.732. The van der Waals surface area contributed by atoms with E-state index in [4.69, 9.17) is 37.4 Å². The maximum atomic E-state index is 12.4. The molecule has 2 atom stereocenters. The second-order valence-corrected chi connectivity index (χ2v) is 6.35. The molecule has 0 radical (unpaired) electrons. The molecule has 5 nitrogen and oxygen atoms in total. The highest BCUT2D eigenvalue weighted by Crippen LogP contribution is 2.28. The average Bonchev–Trinajstić information content (AvgIpc) is 2.63. The van der Waals surface area contributed by atoms with Crippen LogP contribution in [0.4, 0.5) is 0 Å². The molecular formula is C19H18Cl2O5. The molecule has 0 aliphatic heterocycles. The smallest absolute Gasteiger partial charge is 0.347 e. The Morgan fingerprint density at radius 1 is 0.962 bits per heavy atom. The molecule has 2 aromatic rings. The number of ether oxygens (including phenoxy) is 3. The van der Waals surface area contributed by atoms with Crippen LogP contribution in [0.25, 0.3) is 0 Å². The fourth-order valence-corrected chi connectivity index (χ4v) is 2.58. The number of hydrogen-bond donors (Lipinski definition) is 0. The predicted molar refractivity (Wildman–Crippen MR) is 99.4 cm³/mol. The minimum absolute atomic E-state index is 0.277. The number of methoxy groups -OCH3 is 1. The lowest BCUT2D eigenvalue weighted by atomic mass is 10.1. The molecule has 0 unspecified atom stereocenters. The van der Waals surface area contributed by atoms with Gasteiger partial charge in [0, 0.05) is 10.6 Å². The number of carbonyl (C=O) groups excluding carboxylic acids is 2. The van der Waals surface area contributed by atoms with Gasteiger partial charge in [-0.15, -0.1) is 0 Å². The van der Waals surface area contributed by atoms with Crippen LogP contribution in [0.1, 0.15) is 24.2 Å². The van der Waals surface area contributed by atoms with Gasteiger partial charge in [0.2, 0.25) is 5.78 Å². The van der Waals surface area contributed by atoms with Gasteiger partial charge in [0.1, 0.15) is 11.5 Å². The molecule has 0 N–H and O–H groups in total. The highest BCUT2D eigenvalue weighted by atomic mass is 35.5. The summed E-state index contributed by atoms with van der Waals surface area (Å²) in [7, 11) is 1.54. The first-order valence-electron chi connectivity index (χ1n) is 7.82. The summed E-state index contributed by atoms with van der Waals surface area (Å²) in [6.07, 6.45) is -1.90. The van der Waals surface area contributed by atoms with Crippen molar-refractivity contribution in [1.82, 2.24) is 0 Å². The second kappa shape index (κ2) is 8.92. The van der Waals surface area contributed by atoms with Crippen molar-refractivity contribution in [2.24, 2.45) is 0 Å². The lowest BCUT2D eigenvalue weighted by Gasteiger charge is -2.18. The van der Waals surface area contributed by atoms with E-state index >= 15 is 0 Å². The normalized spacial score (nSPS) is 12.8. The van der Waals surface area contributed by atoms with Crippen molar-refractivity contribution >= 4 is 35.0 Å².